The van der Waals surface area contributed by atoms with Gasteiger partial charge < -0.3 is 9.80 Å². The number of piperidine rings is 2. The SMILES string of the molecule is CC1CCN(C(=O)C2CC[NH+]([C@H]3CC(=O)N(c4ccc(Cl)cc4)C3=O)CC2)CC1. The molecule has 0 radical (unpaired) electrons. The third-order valence-corrected chi connectivity index (χ3v) is 7.05. The first-order valence-corrected chi connectivity index (χ1v) is 11.1. The molecule has 4 rings (SSSR count). The van der Waals surface area contributed by atoms with Gasteiger partial charge in [-0.2, -0.15) is 0 Å². The van der Waals surface area contributed by atoms with Gasteiger partial charge >= 0.3 is 0 Å². The zero-order chi connectivity index (χ0) is 20.5. The first-order valence-electron chi connectivity index (χ1n) is 10.7. The molecule has 7 heteroatoms. The fraction of sp³-hybridized carbons (Fsp3) is 0.591. The number of quaternary nitrogens is 1. The van der Waals surface area contributed by atoms with E-state index >= 15 is 0 Å². The van der Waals surface area contributed by atoms with Crippen LogP contribution in [0.4, 0.5) is 5.69 Å². The Morgan fingerprint density at radius 3 is 2.28 bits per heavy atom. The molecule has 0 spiro atoms. The van der Waals surface area contributed by atoms with Crippen molar-refractivity contribution in [3.05, 3.63) is 29.3 Å². The number of carbonyl (C=O) groups excluding carboxylic acids is 3. The molecular weight excluding hydrogens is 390 g/mol. The second kappa shape index (κ2) is 8.44. The highest BCUT2D eigenvalue weighted by Gasteiger charge is 2.47. The number of likely N-dealkylation sites (tertiary alicyclic amines) is 2. The van der Waals surface area contributed by atoms with Crippen LogP contribution >= 0.6 is 11.6 Å². The second-order valence-corrected chi connectivity index (χ2v) is 9.18. The van der Waals surface area contributed by atoms with Gasteiger partial charge in [-0.3, -0.25) is 14.4 Å². The Labute approximate surface area is 176 Å². The number of carbonyl (C=O) groups is 3. The maximum Gasteiger partial charge on any atom is 0.292 e. The Hall–Kier alpha value is -1.92. The van der Waals surface area contributed by atoms with Gasteiger partial charge in [-0.25, -0.2) is 4.90 Å². The average Bonchev–Trinajstić information content (AvgIpc) is 3.03. The molecule has 3 fully saturated rings. The lowest BCUT2D eigenvalue weighted by atomic mass is 9.92. The number of imide groups is 1. The van der Waals surface area contributed by atoms with Gasteiger partial charge in [0.1, 0.15) is 0 Å². The van der Waals surface area contributed by atoms with Crippen molar-refractivity contribution in [2.45, 2.75) is 45.1 Å². The molecule has 3 aliphatic heterocycles. The maximum atomic E-state index is 13.0. The highest BCUT2D eigenvalue weighted by Crippen LogP contribution is 2.25. The molecular formula is C22H29ClN3O3+. The minimum absolute atomic E-state index is 0.0618. The summed E-state index contributed by atoms with van der Waals surface area (Å²) in [7, 11) is 0. The van der Waals surface area contributed by atoms with Crippen LogP contribution in [-0.4, -0.2) is 54.8 Å². The van der Waals surface area contributed by atoms with Crippen molar-refractivity contribution in [2.24, 2.45) is 11.8 Å². The lowest BCUT2D eigenvalue weighted by Crippen LogP contribution is -3.17. The number of anilines is 1. The summed E-state index contributed by atoms with van der Waals surface area (Å²) >= 11 is 5.92. The largest absolute Gasteiger partial charge is 0.342 e. The monoisotopic (exact) mass is 418 g/mol. The summed E-state index contributed by atoms with van der Waals surface area (Å²) in [4.78, 5) is 42.8. The van der Waals surface area contributed by atoms with E-state index in [4.69, 9.17) is 11.6 Å². The molecule has 3 amide bonds. The molecule has 1 atom stereocenters. The summed E-state index contributed by atoms with van der Waals surface area (Å²) < 4.78 is 0. The van der Waals surface area contributed by atoms with E-state index in [1.807, 2.05) is 4.90 Å². The fourth-order valence-corrected chi connectivity index (χ4v) is 5.01. The van der Waals surface area contributed by atoms with Gasteiger partial charge in [0.25, 0.3) is 5.91 Å². The minimum atomic E-state index is -0.343. The van der Waals surface area contributed by atoms with Crippen LogP contribution in [0.15, 0.2) is 24.3 Å². The Morgan fingerprint density at radius 1 is 1.03 bits per heavy atom. The van der Waals surface area contributed by atoms with Gasteiger partial charge in [0.05, 0.1) is 25.2 Å². The van der Waals surface area contributed by atoms with E-state index in [-0.39, 0.29) is 36.1 Å². The van der Waals surface area contributed by atoms with Crippen molar-refractivity contribution in [3.63, 3.8) is 0 Å². The van der Waals surface area contributed by atoms with Crippen LogP contribution in [-0.2, 0) is 14.4 Å². The van der Waals surface area contributed by atoms with E-state index in [9.17, 15) is 14.4 Å². The number of hydrogen-bond donors (Lipinski definition) is 1. The smallest absolute Gasteiger partial charge is 0.292 e. The number of amides is 3. The first-order chi connectivity index (χ1) is 13.9. The normalized spacial score (nSPS) is 28.8. The van der Waals surface area contributed by atoms with E-state index < -0.39 is 0 Å². The topological polar surface area (TPSA) is 62.1 Å². The zero-order valence-corrected chi connectivity index (χ0v) is 17.7. The number of nitrogens with zero attached hydrogens (tertiary/aromatic N) is 2. The molecule has 0 bridgehead atoms. The predicted molar refractivity (Wildman–Crippen MR) is 111 cm³/mol. The van der Waals surface area contributed by atoms with Crippen molar-refractivity contribution in [1.82, 2.24) is 4.90 Å². The van der Waals surface area contributed by atoms with E-state index in [2.05, 4.69) is 6.92 Å². The predicted octanol–water partition coefficient (Wildman–Crippen LogP) is 1.53. The lowest BCUT2D eigenvalue weighted by Gasteiger charge is -2.36. The highest BCUT2D eigenvalue weighted by molar-refractivity contribution is 6.30. The molecule has 1 N–H and O–H groups in total. The Bertz CT molecular complexity index is 781. The van der Waals surface area contributed by atoms with Crippen LogP contribution in [0.3, 0.4) is 0 Å². The third kappa shape index (κ3) is 4.19. The Kier molecular flexibility index (Phi) is 5.93. The van der Waals surface area contributed by atoms with E-state index in [0.29, 0.717) is 16.6 Å². The number of rotatable bonds is 3. The molecule has 1 aromatic carbocycles. The number of nitrogens with one attached hydrogen (secondary N) is 1. The first kappa shape index (κ1) is 20.4. The van der Waals surface area contributed by atoms with Crippen LogP contribution < -0.4 is 9.80 Å². The maximum absolute atomic E-state index is 13.0. The van der Waals surface area contributed by atoms with E-state index in [1.165, 1.54) is 4.90 Å². The molecule has 3 aliphatic rings. The van der Waals surface area contributed by atoms with E-state index in [0.717, 1.165) is 56.8 Å². The molecule has 6 nitrogen and oxygen atoms in total. The molecule has 1 aromatic rings. The Balaban J connectivity index is 1.35. The Morgan fingerprint density at radius 2 is 1.66 bits per heavy atom. The minimum Gasteiger partial charge on any atom is -0.342 e. The number of hydrogen-bond acceptors (Lipinski definition) is 3. The summed E-state index contributed by atoms with van der Waals surface area (Å²) in [5.41, 5.74) is 0.579. The molecule has 0 aromatic heterocycles. The molecule has 0 aliphatic carbocycles. The summed E-state index contributed by atoms with van der Waals surface area (Å²) in [6.07, 6.45) is 4.00. The van der Waals surface area contributed by atoms with Gasteiger partial charge in [-0.15, -0.1) is 0 Å². The van der Waals surface area contributed by atoms with Gasteiger partial charge in [0, 0.05) is 36.9 Å². The molecule has 0 saturated carbocycles. The average molecular weight is 419 g/mol. The van der Waals surface area contributed by atoms with Crippen LogP contribution in [0.5, 0.6) is 0 Å². The van der Waals surface area contributed by atoms with Crippen LogP contribution in [0.2, 0.25) is 5.02 Å². The number of benzene rings is 1. The molecule has 0 unspecified atom stereocenters. The van der Waals surface area contributed by atoms with Crippen molar-refractivity contribution in [3.8, 4) is 0 Å². The lowest BCUT2D eigenvalue weighted by molar-refractivity contribution is -0.920. The zero-order valence-electron chi connectivity index (χ0n) is 16.9. The molecule has 3 saturated heterocycles. The number of halogens is 1. The van der Waals surface area contributed by atoms with Crippen molar-refractivity contribution in [2.75, 3.05) is 31.1 Å². The van der Waals surface area contributed by atoms with Crippen LogP contribution in [0, 0.1) is 11.8 Å². The highest BCUT2D eigenvalue weighted by atomic mass is 35.5. The summed E-state index contributed by atoms with van der Waals surface area (Å²) in [6.45, 7) is 5.52. The standard InChI is InChI=1S/C22H28ClN3O3/c1-15-6-10-25(11-7-15)21(28)16-8-12-24(13-9-16)19-14-20(27)26(22(19)29)18-4-2-17(23)3-5-18/h2-5,15-16,19H,6-14H2,1H3/p+1/t19-/m0/s1. The quantitative estimate of drug-likeness (QED) is 0.757. The van der Waals surface area contributed by atoms with Crippen LogP contribution in [0.25, 0.3) is 0 Å². The van der Waals surface area contributed by atoms with E-state index in [1.54, 1.807) is 24.3 Å². The van der Waals surface area contributed by atoms with Gasteiger partial charge in [-0.05, 0) is 43.0 Å². The summed E-state index contributed by atoms with van der Waals surface area (Å²) in [5, 5.41) is 0.574. The molecule has 156 valence electrons. The van der Waals surface area contributed by atoms with Crippen molar-refractivity contribution in [1.29, 1.82) is 0 Å². The third-order valence-electron chi connectivity index (χ3n) is 6.80. The molecule has 3 heterocycles. The second-order valence-electron chi connectivity index (χ2n) is 8.74. The van der Waals surface area contributed by atoms with Crippen molar-refractivity contribution >= 4 is 35.0 Å². The summed E-state index contributed by atoms with van der Waals surface area (Å²) in [6, 6.07) is 6.46. The fourth-order valence-electron chi connectivity index (χ4n) is 4.88. The van der Waals surface area contributed by atoms with Crippen LogP contribution in [0.1, 0.15) is 39.0 Å². The van der Waals surface area contributed by atoms with Gasteiger partial charge in [0.2, 0.25) is 11.8 Å². The van der Waals surface area contributed by atoms with Crippen molar-refractivity contribution < 1.29 is 19.3 Å². The van der Waals surface area contributed by atoms with Gasteiger partial charge in [-0.1, -0.05) is 18.5 Å². The summed E-state index contributed by atoms with van der Waals surface area (Å²) in [5.74, 6) is 0.761. The van der Waals surface area contributed by atoms with Gasteiger partial charge in [0.15, 0.2) is 6.04 Å². The molecule has 29 heavy (non-hydrogen) atoms.